The topological polar surface area (TPSA) is 116 Å². The van der Waals surface area contributed by atoms with Crippen molar-refractivity contribution < 1.29 is 34.7 Å². The lowest BCUT2D eigenvalue weighted by molar-refractivity contribution is -0.292. The largest absolute Gasteiger partial charge is 0.478 e. The molecule has 0 aliphatic carbocycles. The molecule has 0 amide bonds. The molecule has 0 aromatic rings. The fourth-order valence-corrected chi connectivity index (χ4v) is 2.02. The molecule has 126 valence electrons. The van der Waals surface area contributed by atoms with E-state index in [-0.39, 0.29) is 12.2 Å². The summed E-state index contributed by atoms with van der Waals surface area (Å²) in [6.45, 7) is 6.75. The highest BCUT2D eigenvalue weighted by Crippen LogP contribution is 2.26. The van der Waals surface area contributed by atoms with Crippen LogP contribution in [0.3, 0.4) is 0 Å². The number of ether oxygens (including phenoxy) is 2. The van der Waals surface area contributed by atoms with Crippen LogP contribution in [-0.2, 0) is 14.3 Å². The first-order valence-electron chi connectivity index (χ1n) is 7.07. The number of allylic oxidation sites excluding steroid dienone is 1. The maximum atomic E-state index is 10.7. The molecule has 22 heavy (non-hydrogen) atoms. The number of aliphatic hydroxyl groups excluding tert-OH is 3. The third kappa shape index (κ3) is 4.89. The predicted octanol–water partition coefficient (Wildman–Crippen LogP) is 0.198. The van der Waals surface area contributed by atoms with Crippen LogP contribution >= 0.6 is 0 Å². The second-order valence-electron chi connectivity index (χ2n) is 5.62. The Morgan fingerprint density at radius 1 is 1.41 bits per heavy atom. The van der Waals surface area contributed by atoms with Crippen LogP contribution in [0.15, 0.2) is 24.3 Å². The van der Waals surface area contributed by atoms with Crippen LogP contribution in [0.4, 0.5) is 0 Å². The van der Waals surface area contributed by atoms with E-state index in [1.165, 1.54) is 13.0 Å². The van der Waals surface area contributed by atoms with E-state index in [9.17, 15) is 20.1 Å². The van der Waals surface area contributed by atoms with E-state index < -0.39 is 36.2 Å². The van der Waals surface area contributed by atoms with Crippen molar-refractivity contribution in [3.8, 4) is 0 Å². The van der Waals surface area contributed by atoms with Crippen LogP contribution in [-0.4, -0.2) is 63.2 Å². The Morgan fingerprint density at radius 2 is 2.05 bits per heavy atom. The summed E-state index contributed by atoms with van der Waals surface area (Å²) in [5, 5.41) is 37.7. The zero-order valence-electron chi connectivity index (χ0n) is 12.8. The van der Waals surface area contributed by atoms with E-state index in [4.69, 9.17) is 14.6 Å². The Balaban J connectivity index is 2.64. The van der Waals surface area contributed by atoms with Crippen molar-refractivity contribution in [2.24, 2.45) is 0 Å². The van der Waals surface area contributed by atoms with Gasteiger partial charge in [0, 0.05) is 5.57 Å². The molecule has 5 unspecified atom stereocenters. The van der Waals surface area contributed by atoms with Gasteiger partial charge >= 0.3 is 5.97 Å². The van der Waals surface area contributed by atoms with Gasteiger partial charge in [0.2, 0.25) is 0 Å². The van der Waals surface area contributed by atoms with Crippen LogP contribution in [0.1, 0.15) is 26.7 Å². The van der Waals surface area contributed by atoms with Gasteiger partial charge in [0.05, 0.1) is 12.2 Å². The maximum Gasteiger partial charge on any atom is 0.330 e. The molecule has 0 radical (unpaired) electrons. The van der Waals surface area contributed by atoms with Crippen molar-refractivity contribution in [1.29, 1.82) is 0 Å². The van der Waals surface area contributed by atoms with Crippen molar-refractivity contribution in [1.82, 2.24) is 0 Å². The standard InChI is InChI=1S/C15H24O7/c1-4-15(3,7-5-6-9(2)13(19)20)22-14-12(18)11(17)10(16)8-21-14/h4,6,10-12,14,16-18H,1,5,7-8H2,2-3H3,(H,19,20). The van der Waals surface area contributed by atoms with Crippen LogP contribution < -0.4 is 0 Å². The first kappa shape index (κ1) is 18.8. The summed E-state index contributed by atoms with van der Waals surface area (Å²) in [4.78, 5) is 10.7. The molecule has 0 aromatic carbocycles. The van der Waals surface area contributed by atoms with E-state index in [1.54, 1.807) is 13.0 Å². The summed E-state index contributed by atoms with van der Waals surface area (Å²) in [5.74, 6) is -0.982. The Hall–Kier alpha value is -1.25. The number of rotatable bonds is 7. The lowest BCUT2D eigenvalue weighted by Crippen LogP contribution is -2.55. The SMILES string of the molecule is C=CC(C)(CCC=C(C)C(=O)O)OC1OCC(O)C(O)C1O. The minimum absolute atomic E-state index is 0.145. The van der Waals surface area contributed by atoms with Crippen LogP contribution in [0, 0.1) is 0 Å². The molecule has 0 aromatic heterocycles. The maximum absolute atomic E-state index is 10.7. The summed E-state index contributed by atoms with van der Waals surface area (Å²) >= 11 is 0. The fraction of sp³-hybridized carbons (Fsp3) is 0.667. The molecule has 7 heteroatoms. The minimum atomic E-state index is -1.38. The predicted molar refractivity (Wildman–Crippen MR) is 78.1 cm³/mol. The number of carboxylic acids is 1. The Kier molecular flexibility index (Phi) is 6.70. The van der Waals surface area contributed by atoms with E-state index in [2.05, 4.69) is 6.58 Å². The molecule has 0 spiro atoms. The third-order valence-corrected chi connectivity index (χ3v) is 3.70. The minimum Gasteiger partial charge on any atom is -0.478 e. The van der Waals surface area contributed by atoms with Crippen LogP contribution in [0.2, 0.25) is 0 Å². The lowest BCUT2D eigenvalue weighted by Gasteiger charge is -2.39. The molecule has 0 saturated carbocycles. The molecule has 5 atom stereocenters. The van der Waals surface area contributed by atoms with Gasteiger partial charge in [-0.15, -0.1) is 6.58 Å². The van der Waals surface area contributed by atoms with Gasteiger partial charge in [0.15, 0.2) is 6.29 Å². The Bertz CT molecular complexity index is 434. The van der Waals surface area contributed by atoms with Crippen molar-refractivity contribution in [2.75, 3.05) is 6.61 Å². The van der Waals surface area contributed by atoms with Gasteiger partial charge in [0.25, 0.3) is 0 Å². The summed E-state index contributed by atoms with van der Waals surface area (Å²) < 4.78 is 10.9. The molecule has 1 heterocycles. The monoisotopic (exact) mass is 316 g/mol. The normalized spacial score (nSPS) is 32.3. The smallest absolute Gasteiger partial charge is 0.330 e. The quantitative estimate of drug-likeness (QED) is 0.391. The van der Waals surface area contributed by atoms with Crippen molar-refractivity contribution >= 4 is 5.97 Å². The van der Waals surface area contributed by atoms with E-state index >= 15 is 0 Å². The zero-order valence-corrected chi connectivity index (χ0v) is 12.8. The molecule has 1 saturated heterocycles. The molecule has 0 bridgehead atoms. The fourth-order valence-electron chi connectivity index (χ4n) is 2.02. The molecule has 7 nitrogen and oxygen atoms in total. The van der Waals surface area contributed by atoms with Crippen molar-refractivity contribution in [2.45, 2.75) is 56.9 Å². The van der Waals surface area contributed by atoms with Gasteiger partial charge in [-0.3, -0.25) is 0 Å². The molecular weight excluding hydrogens is 292 g/mol. The summed E-state index contributed by atoms with van der Waals surface area (Å²) in [6, 6.07) is 0. The lowest BCUT2D eigenvalue weighted by atomic mass is 9.98. The van der Waals surface area contributed by atoms with Crippen LogP contribution in [0.25, 0.3) is 0 Å². The number of carbonyl (C=O) groups is 1. The molecular formula is C15H24O7. The highest BCUT2D eigenvalue weighted by Gasteiger charge is 2.41. The number of aliphatic carboxylic acids is 1. The van der Waals surface area contributed by atoms with Crippen LogP contribution in [0.5, 0.6) is 0 Å². The first-order valence-corrected chi connectivity index (χ1v) is 7.07. The molecule has 1 aliphatic heterocycles. The van der Waals surface area contributed by atoms with Gasteiger partial charge in [-0.05, 0) is 26.7 Å². The number of carboxylic acid groups (broad SMARTS) is 1. The second kappa shape index (κ2) is 7.85. The van der Waals surface area contributed by atoms with Gasteiger partial charge in [-0.1, -0.05) is 12.2 Å². The first-order chi connectivity index (χ1) is 10.2. The summed E-state index contributed by atoms with van der Waals surface area (Å²) in [5.41, 5.74) is -0.637. The van der Waals surface area contributed by atoms with Crippen molar-refractivity contribution in [3.05, 3.63) is 24.3 Å². The molecule has 1 aliphatic rings. The van der Waals surface area contributed by atoms with E-state index in [0.29, 0.717) is 12.8 Å². The molecule has 4 N–H and O–H groups in total. The summed E-state index contributed by atoms with van der Waals surface area (Å²) in [7, 11) is 0. The molecule has 1 fully saturated rings. The second-order valence-corrected chi connectivity index (χ2v) is 5.62. The van der Waals surface area contributed by atoms with Gasteiger partial charge in [-0.2, -0.15) is 0 Å². The van der Waals surface area contributed by atoms with E-state index in [0.717, 1.165) is 0 Å². The van der Waals surface area contributed by atoms with Gasteiger partial charge < -0.3 is 29.9 Å². The molecule has 1 rings (SSSR count). The number of hydrogen-bond donors (Lipinski definition) is 4. The Labute approximate surface area is 129 Å². The average Bonchev–Trinajstić information content (AvgIpc) is 2.47. The van der Waals surface area contributed by atoms with Gasteiger partial charge in [-0.25, -0.2) is 4.79 Å². The summed E-state index contributed by atoms with van der Waals surface area (Å²) in [6.07, 6.45) is -1.01. The average molecular weight is 316 g/mol. The highest BCUT2D eigenvalue weighted by molar-refractivity contribution is 5.85. The highest BCUT2D eigenvalue weighted by atomic mass is 16.7. The number of aliphatic hydroxyl groups is 3. The zero-order chi connectivity index (χ0) is 16.9. The third-order valence-electron chi connectivity index (χ3n) is 3.70. The van der Waals surface area contributed by atoms with Gasteiger partial charge in [0.1, 0.15) is 18.3 Å². The van der Waals surface area contributed by atoms with E-state index in [1.807, 2.05) is 0 Å². The number of hydrogen-bond acceptors (Lipinski definition) is 6. The van der Waals surface area contributed by atoms with Crippen molar-refractivity contribution in [3.63, 3.8) is 0 Å². The Morgan fingerprint density at radius 3 is 2.59 bits per heavy atom.